The average molecular weight is 245 g/mol. The van der Waals surface area contributed by atoms with Crippen LogP contribution in [0.25, 0.3) is 0 Å². The molecule has 0 aliphatic heterocycles. The fourth-order valence-corrected chi connectivity index (χ4v) is 2.61. The molecule has 1 fully saturated rings. The molecule has 0 bridgehead atoms. The fraction of sp³-hybridized carbons (Fsp3) is 1.00. The first-order valence-electron chi connectivity index (χ1n) is 3.76. The van der Waals surface area contributed by atoms with E-state index in [0.717, 1.165) is 25.7 Å². The first-order chi connectivity index (χ1) is 5.08. The highest BCUT2D eigenvalue weighted by atomic mass is 79.9. The van der Waals surface area contributed by atoms with Gasteiger partial charge >= 0.3 is 6.38 Å². The highest BCUT2D eigenvalue weighted by Gasteiger charge is 2.24. The Hall–Kier alpha value is 0.600. The van der Waals surface area contributed by atoms with E-state index in [2.05, 4.69) is 20.0 Å². The van der Waals surface area contributed by atoms with Gasteiger partial charge in [0.2, 0.25) is 0 Å². The van der Waals surface area contributed by atoms with Gasteiger partial charge < -0.3 is 0 Å². The van der Waals surface area contributed by atoms with E-state index in [1.807, 2.05) is 0 Å². The van der Waals surface area contributed by atoms with Crippen molar-refractivity contribution in [1.29, 1.82) is 0 Å². The summed E-state index contributed by atoms with van der Waals surface area (Å²) in [6.07, 6.45) is 0.890. The Morgan fingerprint density at radius 1 is 1.36 bits per heavy atom. The van der Waals surface area contributed by atoms with Gasteiger partial charge in [0.1, 0.15) is 0 Å². The molecule has 0 heterocycles. The van der Waals surface area contributed by atoms with Crippen molar-refractivity contribution in [3.8, 4) is 0 Å². The maximum Gasteiger partial charge on any atom is 0.432 e. The Balaban J connectivity index is 2.30. The Bertz CT molecular complexity index is 164. The van der Waals surface area contributed by atoms with Gasteiger partial charge in [-0.25, -0.2) is 4.57 Å². The van der Waals surface area contributed by atoms with Gasteiger partial charge in [-0.3, -0.25) is 4.52 Å². The molecule has 1 saturated carbocycles. The fourth-order valence-electron chi connectivity index (χ4n) is 1.34. The minimum Gasteiger partial charge on any atom is -0.294 e. The van der Waals surface area contributed by atoms with Crippen molar-refractivity contribution in [2.45, 2.75) is 38.2 Å². The van der Waals surface area contributed by atoms with Gasteiger partial charge in [0, 0.05) is 0 Å². The second kappa shape index (κ2) is 4.01. The second-order valence-corrected chi connectivity index (χ2v) is 6.36. The van der Waals surface area contributed by atoms with Crippen LogP contribution in [0.2, 0.25) is 0 Å². The van der Waals surface area contributed by atoms with Crippen LogP contribution in [0.3, 0.4) is 0 Å². The summed E-state index contributed by atoms with van der Waals surface area (Å²) in [4.78, 5) is 0. The van der Waals surface area contributed by atoms with Crippen LogP contribution in [0.15, 0.2) is 0 Å². The van der Waals surface area contributed by atoms with E-state index in [1.54, 1.807) is 0 Å². The molecule has 66 valence electrons. The van der Waals surface area contributed by atoms with Crippen LogP contribution in [0.1, 0.15) is 32.1 Å². The van der Waals surface area contributed by atoms with Crippen LogP contribution < -0.4 is 0 Å². The zero-order valence-electron chi connectivity index (χ0n) is 6.13. The molecule has 11 heavy (non-hydrogen) atoms. The van der Waals surface area contributed by atoms with Gasteiger partial charge in [-0.15, -0.1) is 4.20 Å². The number of hydrogen-bond donors (Lipinski definition) is 0. The molecule has 0 aromatic heterocycles. The lowest BCUT2D eigenvalue weighted by Gasteiger charge is -2.21. The zero-order valence-corrected chi connectivity index (χ0v) is 8.61. The number of halogens is 2. The van der Waals surface area contributed by atoms with Gasteiger partial charge in [0.25, 0.3) is 0 Å². The summed E-state index contributed by atoms with van der Waals surface area (Å²) in [5.41, 5.74) is 0. The van der Waals surface area contributed by atoms with E-state index in [-0.39, 0.29) is 6.10 Å². The molecule has 1 aliphatic carbocycles. The molecule has 1 atom stereocenters. The Labute approximate surface area is 73.8 Å². The lowest BCUT2D eigenvalue weighted by Crippen LogP contribution is -2.13. The predicted molar refractivity (Wildman–Crippen MR) is 45.6 cm³/mol. The molecule has 0 N–H and O–H groups in total. The molecule has 1 unspecified atom stereocenters. The maximum atomic E-state index is 12.4. The van der Waals surface area contributed by atoms with Crippen molar-refractivity contribution >= 4 is 21.9 Å². The van der Waals surface area contributed by atoms with E-state index in [9.17, 15) is 8.76 Å². The van der Waals surface area contributed by atoms with Gasteiger partial charge in [-0.1, -0.05) is 19.3 Å². The summed E-state index contributed by atoms with van der Waals surface area (Å²) in [6, 6.07) is 0. The van der Waals surface area contributed by atoms with Gasteiger partial charge in [0.05, 0.1) is 21.6 Å². The molecule has 1 rings (SSSR count). The van der Waals surface area contributed by atoms with Crippen LogP contribution in [0.4, 0.5) is 4.20 Å². The summed E-state index contributed by atoms with van der Waals surface area (Å²) in [6.45, 7) is 0. The summed E-state index contributed by atoms with van der Waals surface area (Å²) in [7, 11) is 0. The maximum absolute atomic E-state index is 12.4. The lowest BCUT2D eigenvalue weighted by atomic mass is 9.98. The third kappa shape index (κ3) is 4.24. The van der Waals surface area contributed by atoms with Gasteiger partial charge in [0.15, 0.2) is 0 Å². The molecule has 0 saturated heterocycles. The molecule has 0 aromatic rings. The van der Waals surface area contributed by atoms with E-state index in [4.69, 9.17) is 0 Å². The normalized spacial score (nSPS) is 26.4. The van der Waals surface area contributed by atoms with E-state index in [0.29, 0.717) is 0 Å². The molecule has 0 radical (unpaired) electrons. The van der Waals surface area contributed by atoms with Crippen LogP contribution in [0, 0.1) is 0 Å². The third-order valence-electron chi connectivity index (χ3n) is 1.82. The quantitative estimate of drug-likeness (QED) is 0.691. The first-order valence-corrected chi connectivity index (χ1v) is 7.29. The molecule has 1 aliphatic rings. The Morgan fingerprint density at radius 3 is 2.36 bits per heavy atom. The highest BCUT2D eigenvalue weighted by molar-refractivity contribution is 9.39. The van der Waals surface area contributed by atoms with Crippen LogP contribution in [-0.2, 0) is 9.09 Å². The average Bonchev–Trinajstić information content (AvgIpc) is 1.85. The van der Waals surface area contributed by atoms with Crippen molar-refractivity contribution < 1.29 is 13.3 Å². The largest absolute Gasteiger partial charge is 0.432 e. The van der Waals surface area contributed by atoms with E-state index in [1.165, 1.54) is 6.42 Å². The third-order valence-corrected chi connectivity index (χ3v) is 2.87. The van der Waals surface area contributed by atoms with E-state index >= 15 is 0 Å². The SMILES string of the molecule is O=P(F)(Br)OC1CCCCC1. The molecule has 0 aromatic carbocycles. The molecule has 0 amide bonds. The molecule has 2 nitrogen and oxygen atoms in total. The van der Waals surface area contributed by atoms with Crippen LogP contribution >= 0.6 is 21.9 Å². The van der Waals surface area contributed by atoms with Crippen molar-refractivity contribution in [1.82, 2.24) is 0 Å². The standard InChI is InChI=1S/C6H11BrFO2P/c7-11(8,9)10-6-4-2-1-3-5-6/h6H,1-5H2. The van der Waals surface area contributed by atoms with Gasteiger partial charge in [-0.2, -0.15) is 0 Å². The number of hydrogen-bond acceptors (Lipinski definition) is 2. The molecular weight excluding hydrogens is 234 g/mol. The highest BCUT2D eigenvalue weighted by Crippen LogP contribution is 2.58. The number of rotatable bonds is 2. The van der Waals surface area contributed by atoms with Crippen molar-refractivity contribution in [3.05, 3.63) is 0 Å². The van der Waals surface area contributed by atoms with Crippen LogP contribution in [0.5, 0.6) is 0 Å². The Kier molecular flexibility index (Phi) is 3.53. The summed E-state index contributed by atoms with van der Waals surface area (Å²) in [5, 5.41) is 0. The first kappa shape index (κ1) is 9.69. The molecule has 0 spiro atoms. The van der Waals surface area contributed by atoms with Crippen molar-refractivity contribution in [3.63, 3.8) is 0 Å². The minimum atomic E-state index is -3.92. The molecule has 5 heteroatoms. The summed E-state index contributed by atoms with van der Waals surface area (Å²) < 4.78 is 27.6. The lowest BCUT2D eigenvalue weighted by molar-refractivity contribution is 0.154. The predicted octanol–water partition coefficient (Wildman–Crippen LogP) is 3.81. The molecular formula is C6H11BrFO2P. The van der Waals surface area contributed by atoms with Crippen LogP contribution in [-0.4, -0.2) is 6.10 Å². The zero-order chi connectivity index (χ0) is 8.32. The summed E-state index contributed by atoms with van der Waals surface area (Å²) in [5.74, 6) is 0. The monoisotopic (exact) mass is 244 g/mol. The minimum absolute atomic E-state index is 0.140. The Morgan fingerprint density at radius 2 is 1.91 bits per heavy atom. The summed E-state index contributed by atoms with van der Waals surface area (Å²) >= 11 is 2.38. The van der Waals surface area contributed by atoms with Crippen molar-refractivity contribution in [2.24, 2.45) is 0 Å². The smallest absolute Gasteiger partial charge is 0.294 e. The van der Waals surface area contributed by atoms with E-state index < -0.39 is 6.38 Å². The van der Waals surface area contributed by atoms with Crippen molar-refractivity contribution in [2.75, 3.05) is 0 Å². The topological polar surface area (TPSA) is 26.3 Å². The second-order valence-electron chi connectivity index (χ2n) is 2.78. The van der Waals surface area contributed by atoms with Gasteiger partial charge in [-0.05, 0) is 12.8 Å².